The minimum absolute atomic E-state index is 0. The van der Waals surface area contributed by atoms with E-state index in [4.69, 9.17) is 81.7 Å². The van der Waals surface area contributed by atoms with E-state index in [9.17, 15) is 28.8 Å². The minimum atomic E-state index is -2.20. The van der Waals surface area contributed by atoms with Crippen molar-refractivity contribution in [3.8, 4) is 0 Å². The average molecular weight is 764 g/mol. The first-order valence-electron chi connectivity index (χ1n) is 12.5. The van der Waals surface area contributed by atoms with E-state index >= 15 is 0 Å². The van der Waals surface area contributed by atoms with Gasteiger partial charge in [0.25, 0.3) is 0 Å². The Hall–Kier alpha value is -2.14. The van der Waals surface area contributed by atoms with Crippen molar-refractivity contribution in [1.29, 1.82) is 0 Å². The van der Waals surface area contributed by atoms with Crippen molar-refractivity contribution in [2.24, 2.45) is 0 Å². The van der Waals surface area contributed by atoms with Crippen molar-refractivity contribution in [1.82, 2.24) is 9.80 Å². The molecule has 0 fully saturated rings. The molecule has 26 heteroatoms. The third-order valence-corrected chi connectivity index (χ3v) is 5.18. The molecule has 16 N–H and O–H groups in total. The van der Waals surface area contributed by atoms with E-state index < -0.39 is 124 Å². The van der Waals surface area contributed by atoms with Gasteiger partial charge in [0, 0.05) is 30.2 Å². The molecule has 24 nitrogen and oxygen atoms in total. The van der Waals surface area contributed by atoms with Gasteiger partial charge in [0.05, 0.1) is 39.4 Å². The molecule has 0 aliphatic heterocycles. The van der Waals surface area contributed by atoms with Crippen LogP contribution in [0.4, 0.5) is 0 Å². The van der Waals surface area contributed by atoms with Gasteiger partial charge in [-0.15, -0.1) is 0 Å². The molecule has 0 unspecified atom stereocenters. The number of aliphatic hydroxyl groups is 10. The Bertz CT molecular complexity index is 866. The summed E-state index contributed by atoms with van der Waals surface area (Å²) >= 11 is 0. The molecule has 0 aliphatic carbocycles. The predicted molar refractivity (Wildman–Crippen MR) is 142 cm³/mol. The van der Waals surface area contributed by atoms with E-state index in [-0.39, 0.29) is 61.1 Å². The summed E-state index contributed by atoms with van der Waals surface area (Å²) in [5.74, 6) is -8.36. The van der Waals surface area contributed by atoms with Crippen LogP contribution in [0.2, 0.25) is 0 Å². The Kier molecular flexibility index (Phi) is 34.3. The Labute approximate surface area is 304 Å². The normalized spacial score (nSPS) is 15.5. The molecule has 0 spiro atoms. The summed E-state index contributed by atoms with van der Waals surface area (Å²) in [6.45, 7) is -3.94. The second-order valence-electron chi connectivity index (χ2n) is 9.02. The van der Waals surface area contributed by atoms with Crippen LogP contribution in [0.3, 0.4) is 0 Å². The smallest absolute Gasteiger partial charge is 1.00 e. The third kappa shape index (κ3) is 26.8. The van der Waals surface area contributed by atoms with Gasteiger partial charge < -0.3 is 83.1 Å². The van der Waals surface area contributed by atoms with Gasteiger partial charge in [-0.25, -0.2) is 9.59 Å². The summed E-state index contributed by atoms with van der Waals surface area (Å²) in [4.78, 5) is 64.5. The maximum absolute atomic E-state index is 10.6. The first-order valence-corrected chi connectivity index (χ1v) is 12.5. The molecule has 0 amide bonds. The van der Waals surface area contributed by atoms with Crippen molar-refractivity contribution in [3.63, 3.8) is 0 Å². The van der Waals surface area contributed by atoms with Crippen molar-refractivity contribution >= 4 is 35.8 Å². The van der Waals surface area contributed by atoms with Gasteiger partial charge in [0.2, 0.25) is 0 Å². The van der Waals surface area contributed by atoms with Gasteiger partial charge in [-0.05, 0) is 0 Å². The average Bonchev–Trinajstić information content (AvgIpc) is 2.95. The van der Waals surface area contributed by atoms with Gasteiger partial charge in [-0.3, -0.25) is 29.0 Å². The molecule has 0 bridgehead atoms. The van der Waals surface area contributed by atoms with Crippen molar-refractivity contribution < 1.29 is 159 Å². The molecule has 0 heterocycles. The van der Waals surface area contributed by atoms with Crippen molar-refractivity contribution in [3.05, 3.63) is 0 Å². The van der Waals surface area contributed by atoms with Crippen LogP contribution in [-0.2, 0) is 45.8 Å². The molecule has 0 aliphatic rings. The van der Waals surface area contributed by atoms with E-state index in [0.717, 1.165) is 9.80 Å². The summed E-state index contributed by atoms with van der Waals surface area (Å²) in [7, 11) is 0. The fourth-order valence-electron chi connectivity index (χ4n) is 2.81. The molecular formula is C22H41FeN2NaO22. The SMILES string of the molecule is O=C(O)CN(CCN(CC(=O)O)CC(=O)O)CC(=O)O.O=C(O)[C@H](O)[C@@H](O)[C@H](O)[C@H](O)CO.O=C(O)[C@H](O)[C@@H](O)[C@H](O)[C@H](O)CO.[Fe].[H-].[Na+]. The van der Waals surface area contributed by atoms with Crippen LogP contribution in [0.1, 0.15) is 1.43 Å². The summed E-state index contributed by atoms with van der Waals surface area (Å²) in [6, 6.07) is 0. The predicted octanol–water partition coefficient (Wildman–Crippen LogP) is -11.9. The van der Waals surface area contributed by atoms with E-state index in [0.29, 0.717) is 0 Å². The van der Waals surface area contributed by atoms with Crippen LogP contribution < -0.4 is 29.6 Å². The van der Waals surface area contributed by atoms with E-state index in [2.05, 4.69) is 0 Å². The molecule has 0 aromatic heterocycles. The van der Waals surface area contributed by atoms with Crippen LogP contribution in [0.25, 0.3) is 0 Å². The largest absolute Gasteiger partial charge is 1.00 e. The van der Waals surface area contributed by atoms with Gasteiger partial charge in [0.15, 0.2) is 12.2 Å². The van der Waals surface area contributed by atoms with Gasteiger partial charge in [-0.2, -0.15) is 0 Å². The van der Waals surface area contributed by atoms with Crippen molar-refractivity contribution in [2.75, 3.05) is 52.5 Å². The molecule has 8 atom stereocenters. The number of hydrogen-bond acceptors (Lipinski definition) is 18. The molecule has 0 radical (unpaired) electrons. The van der Waals surface area contributed by atoms with Gasteiger partial charge in [0.1, 0.15) is 36.6 Å². The first kappa shape index (κ1) is 55.3. The summed E-state index contributed by atoms with van der Waals surface area (Å²) in [5, 5.41) is 138. The monoisotopic (exact) mass is 764 g/mol. The number of carboxylic acid groups (broad SMARTS) is 6. The van der Waals surface area contributed by atoms with Crippen LogP contribution in [-0.4, -0.2) is 229 Å². The second-order valence-corrected chi connectivity index (χ2v) is 9.02. The Morgan fingerprint density at radius 1 is 0.458 bits per heavy atom. The fourth-order valence-corrected chi connectivity index (χ4v) is 2.81. The van der Waals surface area contributed by atoms with Crippen LogP contribution >= 0.6 is 0 Å². The molecule has 48 heavy (non-hydrogen) atoms. The zero-order chi connectivity index (χ0) is 36.9. The number of aliphatic carboxylic acids is 6. The van der Waals surface area contributed by atoms with Crippen LogP contribution in [0, 0.1) is 0 Å². The Morgan fingerprint density at radius 2 is 0.667 bits per heavy atom. The van der Waals surface area contributed by atoms with Crippen LogP contribution in [0.5, 0.6) is 0 Å². The second kappa shape index (κ2) is 29.7. The Balaban J connectivity index is -0.000000142. The summed E-state index contributed by atoms with van der Waals surface area (Å²) in [6.07, 6.45) is -15.7. The molecule has 0 aromatic rings. The van der Waals surface area contributed by atoms with E-state index in [1.807, 2.05) is 0 Å². The van der Waals surface area contributed by atoms with E-state index in [1.54, 1.807) is 0 Å². The zero-order valence-corrected chi connectivity index (χ0v) is 28.2. The number of aliphatic hydroxyl groups excluding tert-OH is 10. The number of hydrogen-bond donors (Lipinski definition) is 16. The summed E-state index contributed by atoms with van der Waals surface area (Å²) in [5.41, 5.74) is 0. The maximum Gasteiger partial charge on any atom is 1.00 e. The fraction of sp³-hybridized carbons (Fsp3) is 0.727. The quantitative estimate of drug-likeness (QED) is 0.0482. The maximum atomic E-state index is 10.6. The van der Waals surface area contributed by atoms with E-state index in [1.165, 1.54) is 0 Å². The number of carboxylic acids is 6. The van der Waals surface area contributed by atoms with Gasteiger partial charge in [-0.1, -0.05) is 0 Å². The molecule has 0 aromatic carbocycles. The van der Waals surface area contributed by atoms with Gasteiger partial charge >= 0.3 is 65.4 Å². The number of nitrogens with zero attached hydrogens (tertiary/aromatic N) is 2. The standard InChI is InChI=1S/C10H16N2O8.2C6H12O7.Fe.Na.H/c13-7(14)3-11(4-8(15)16)1-2-12(5-9(17)18)6-10(19)20;2*7-1-2(8)3(9)4(10)5(11)6(12)13;;;/h1-6H2,(H,13,14)(H,15,16)(H,17,18)(H,19,20);2*2-5,7-11H,1H2,(H,12,13);;;/q;;;;+1;-1/t;2*2-,3-,4+,5-;;;/m.11.../s1. The Morgan fingerprint density at radius 3 is 0.812 bits per heavy atom. The third-order valence-electron chi connectivity index (χ3n) is 5.18. The first-order chi connectivity index (χ1) is 21.0. The molecule has 280 valence electrons. The molecule has 0 rings (SSSR count). The number of carbonyl (C=O) groups is 6. The molecule has 0 saturated heterocycles. The number of rotatable bonds is 21. The molecule has 0 saturated carbocycles. The molecular weight excluding hydrogens is 723 g/mol. The zero-order valence-electron chi connectivity index (χ0n) is 26.1. The summed E-state index contributed by atoms with van der Waals surface area (Å²) < 4.78 is 0. The van der Waals surface area contributed by atoms with Crippen LogP contribution in [0.15, 0.2) is 0 Å². The van der Waals surface area contributed by atoms with Crippen molar-refractivity contribution in [2.45, 2.75) is 48.8 Å². The minimum Gasteiger partial charge on any atom is -1.00 e. The topological polar surface area (TPSA) is 433 Å².